The van der Waals surface area contributed by atoms with Gasteiger partial charge in [-0.3, -0.25) is 4.99 Å². The van der Waals surface area contributed by atoms with Crippen LogP contribution >= 0.6 is 0 Å². The predicted molar refractivity (Wildman–Crippen MR) is 577 cm³/mol. The minimum atomic E-state index is 0.929. The molecule has 0 saturated heterocycles. The fourth-order valence-corrected chi connectivity index (χ4v) is 18.5. The molecule has 2 aromatic rings. The number of aliphatic imine (C=N–C) groups is 2. The predicted octanol–water partition coefficient (Wildman–Crippen LogP) is 42.9. The van der Waals surface area contributed by atoms with Crippen molar-refractivity contribution in [2.24, 2.45) is 9.98 Å². The average Bonchev–Trinajstić information content (AvgIpc) is 0.787. The van der Waals surface area contributed by atoms with Gasteiger partial charge in [0.2, 0.25) is 0 Å². The zero-order chi connectivity index (χ0) is 90.5. The third-order valence-electron chi connectivity index (χ3n) is 26.6. The van der Waals surface area contributed by atoms with Crippen LogP contribution in [0.15, 0.2) is 131 Å². The van der Waals surface area contributed by atoms with Gasteiger partial charge < -0.3 is 0 Å². The van der Waals surface area contributed by atoms with Gasteiger partial charge in [0.15, 0.2) is 0 Å². The normalized spacial score (nSPS) is 12.7. The van der Waals surface area contributed by atoms with Crippen molar-refractivity contribution in [1.82, 2.24) is 0 Å². The first-order chi connectivity index (χ1) is 62.4. The third kappa shape index (κ3) is 67.6. The molecule has 2 nitrogen and oxygen atoms in total. The topological polar surface area (TPSA) is 24.7 Å². The van der Waals surface area contributed by atoms with Crippen LogP contribution in [0.5, 0.6) is 0 Å². The van der Waals surface area contributed by atoms with Gasteiger partial charge in [-0.25, -0.2) is 4.99 Å². The Hall–Kier alpha value is -4.56. The summed E-state index contributed by atoms with van der Waals surface area (Å²) in [6.45, 7) is 23.5. The average molecular weight is 1730 g/mol. The van der Waals surface area contributed by atoms with Crippen molar-refractivity contribution >= 4 is 22.8 Å². The van der Waals surface area contributed by atoms with Crippen LogP contribution in [-0.2, 0) is 51.4 Å². The summed E-state index contributed by atoms with van der Waals surface area (Å²) in [5.41, 5.74) is 17.9. The quantitative estimate of drug-likeness (QED) is 0.0358. The highest BCUT2D eigenvalue weighted by atomic mass is 14.8. The number of unbranched alkanes of at least 4 members (excludes halogenated alkanes) is 55. The van der Waals surface area contributed by atoms with Crippen LogP contribution in [-0.4, -0.2) is 11.4 Å². The molecule has 0 fully saturated rings. The summed E-state index contributed by atoms with van der Waals surface area (Å²) in [5, 5.41) is 0. The van der Waals surface area contributed by atoms with Crippen LogP contribution in [0.1, 0.15) is 589 Å². The Kier molecular flexibility index (Phi) is 87.3. The van der Waals surface area contributed by atoms with E-state index in [2.05, 4.69) is 191 Å². The standard InChI is InChI=1S/C124H214N2/c1-11-21-31-40-49-58-59-60-61-62-63-64-65-66-67-68-69-70-71-72-73-82-91-100-110-122(126-124-112-114(102-93-84-75-51-42-33-23-13-3)116(104-95-86-77-53-44-35-25-15-5)118(106-97-88-79-55-46-37-27-17-7)120(124)108-99-90-81-57-48-39-29-19-9)121(109-30-20-10)125-123-111-113(101-92-83-74-50-41-32-22-12-2)115(103-94-85-76-52-43-34-24-14-4)117(105-96-87-78-54-45-36-26-16-6)119(123)107-98-89-80-56-47-38-28-18-8/h50-57,74-81,100,110-112H,11-49,58-73,82-99,101-109H2,1-10H3/b74-50+,75-51+,76-52+,77-53+,78-54+,79-55+,80-56+,81-57+,110-100+,125-121?,126-122?. The maximum Gasteiger partial charge on any atom is 0.0848 e. The lowest BCUT2D eigenvalue weighted by Crippen LogP contribution is -2.14. The first-order valence-electron chi connectivity index (χ1n) is 56.8. The van der Waals surface area contributed by atoms with Crippen molar-refractivity contribution in [3.8, 4) is 0 Å². The van der Waals surface area contributed by atoms with E-state index in [1.807, 2.05) is 0 Å². The summed E-state index contributed by atoms with van der Waals surface area (Å²) in [5.74, 6) is 0. The van der Waals surface area contributed by atoms with Crippen LogP contribution in [0.4, 0.5) is 11.4 Å². The first-order valence-corrected chi connectivity index (χ1v) is 56.8. The number of benzene rings is 2. The molecule has 0 heterocycles. The molecule has 0 aromatic heterocycles. The largest absolute Gasteiger partial charge is 0.251 e. The minimum Gasteiger partial charge on any atom is -0.251 e. The second-order valence-electron chi connectivity index (χ2n) is 38.6. The Bertz CT molecular complexity index is 3060. The molecule has 2 rings (SSSR count). The van der Waals surface area contributed by atoms with Gasteiger partial charge in [0, 0.05) is 0 Å². The molecule has 0 atom stereocenters. The molecule has 0 radical (unpaired) electrons. The molecular weight excluding hydrogens is 1520 g/mol. The smallest absolute Gasteiger partial charge is 0.0848 e. The fourth-order valence-electron chi connectivity index (χ4n) is 18.5. The summed E-state index contributed by atoms with van der Waals surface area (Å²) >= 11 is 0. The van der Waals surface area contributed by atoms with Gasteiger partial charge in [0.1, 0.15) is 0 Å². The van der Waals surface area contributed by atoms with Gasteiger partial charge in [-0.2, -0.15) is 0 Å². The maximum atomic E-state index is 6.46. The molecule has 2 heteroatoms. The molecule has 0 spiro atoms. The maximum absolute atomic E-state index is 6.46. The van der Waals surface area contributed by atoms with E-state index < -0.39 is 0 Å². The summed E-state index contributed by atoms with van der Waals surface area (Å²) in [6, 6.07) is 5.42. The number of rotatable bonds is 94. The minimum absolute atomic E-state index is 0.929. The van der Waals surface area contributed by atoms with Gasteiger partial charge >= 0.3 is 0 Å². The van der Waals surface area contributed by atoms with Crippen LogP contribution in [0.25, 0.3) is 0 Å². The Balaban J connectivity index is 3.31. The van der Waals surface area contributed by atoms with E-state index in [1.54, 1.807) is 44.5 Å². The molecule has 720 valence electrons. The van der Waals surface area contributed by atoms with E-state index in [0.717, 1.165) is 147 Å². The summed E-state index contributed by atoms with van der Waals surface area (Å²) in [4.78, 5) is 12.9. The number of aryl methyl sites for hydroxylation is 2. The lowest BCUT2D eigenvalue weighted by Gasteiger charge is -2.23. The Morgan fingerprint density at radius 2 is 0.357 bits per heavy atom. The van der Waals surface area contributed by atoms with Crippen LogP contribution in [0, 0.1) is 0 Å². The molecule has 0 unspecified atom stereocenters. The number of allylic oxidation sites excluding steroid dienone is 18. The molecule has 0 amide bonds. The van der Waals surface area contributed by atoms with E-state index in [0.29, 0.717) is 0 Å². The van der Waals surface area contributed by atoms with E-state index in [9.17, 15) is 0 Å². The van der Waals surface area contributed by atoms with Crippen molar-refractivity contribution < 1.29 is 0 Å². The van der Waals surface area contributed by atoms with Gasteiger partial charge in [-0.05, 0) is 345 Å². The Morgan fingerprint density at radius 3 is 0.611 bits per heavy atom. The summed E-state index contributed by atoms with van der Waals surface area (Å²) < 4.78 is 0. The van der Waals surface area contributed by atoms with Gasteiger partial charge in [0.25, 0.3) is 0 Å². The summed E-state index contributed by atoms with van der Waals surface area (Å²) in [6.07, 6.45) is 149. The SMILES string of the molecule is CCCCC/C=C/CCCc1cc(N=C(/C=C/CCCCCCCCCCCCCCCCCCCCCCCC)C(CCCC)=Nc2cc(CCC/C=C/CCCCC)c(CCC/C=C/CCCCC)c(CCC/C=C/CCCCC)c2CCC/C=C/CCCCC)c(CCC/C=C/CCCCC)c(CCC/C=C/CCCCC)c1CCC/C=C/CCCCC. The van der Waals surface area contributed by atoms with Gasteiger partial charge in [-0.1, -0.05) is 417 Å². The summed E-state index contributed by atoms with van der Waals surface area (Å²) in [7, 11) is 0. The van der Waals surface area contributed by atoms with E-state index in [-0.39, 0.29) is 0 Å². The lowest BCUT2D eigenvalue weighted by atomic mass is 9.84. The van der Waals surface area contributed by atoms with E-state index >= 15 is 0 Å². The van der Waals surface area contributed by atoms with Crippen molar-refractivity contribution in [2.45, 2.75) is 596 Å². The lowest BCUT2D eigenvalue weighted by molar-refractivity contribution is 0.519. The monoisotopic (exact) mass is 1730 g/mol. The highest BCUT2D eigenvalue weighted by Crippen LogP contribution is 2.39. The van der Waals surface area contributed by atoms with Gasteiger partial charge in [-0.15, -0.1) is 0 Å². The number of hydrogen-bond donors (Lipinski definition) is 0. The highest BCUT2D eigenvalue weighted by molar-refractivity contribution is 6.47. The van der Waals surface area contributed by atoms with Crippen molar-refractivity contribution in [3.63, 3.8) is 0 Å². The Labute approximate surface area is 789 Å². The van der Waals surface area contributed by atoms with Crippen LogP contribution in [0.2, 0.25) is 0 Å². The van der Waals surface area contributed by atoms with Crippen molar-refractivity contribution in [3.05, 3.63) is 166 Å². The number of nitrogens with zero attached hydrogens (tertiary/aromatic N) is 2. The molecule has 0 aliphatic rings. The van der Waals surface area contributed by atoms with Crippen molar-refractivity contribution in [2.75, 3.05) is 0 Å². The van der Waals surface area contributed by atoms with Crippen LogP contribution < -0.4 is 0 Å². The highest BCUT2D eigenvalue weighted by Gasteiger charge is 2.23. The molecule has 2 aromatic carbocycles. The zero-order valence-corrected chi connectivity index (χ0v) is 86.4. The molecule has 0 aliphatic carbocycles. The molecule has 0 saturated carbocycles. The molecule has 126 heavy (non-hydrogen) atoms. The fraction of sp³-hybridized carbons (Fsp3) is 0.742. The molecule has 0 aliphatic heterocycles. The molecular formula is C124H214N2. The van der Waals surface area contributed by atoms with Crippen LogP contribution in [0.3, 0.4) is 0 Å². The zero-order valence-electron chi connectivity index (χ0n) is 86.4. The molecule has 0 N–H and O–H groups in total. The third-order valence-corrected chi connectivity index (χ3v) is 26.6. The van der Waals surface area contributed by atoms with E-state index in [1.165, 1.54) is 402 Å². The van der Waals surface area contributed by atoms with E-state index in [4.69, 9.17) is 9.98 Å². The second-order valence-corrected chi connectivity index (χ2v) is 38.6. The van der Waals surface area contributed by atoms with Crippen molar-refractivity contribution in [1.29, 1.82) is 0 Å². The molecule has 0 bridgehead atoms. The van der Waals surface area contributed by atoms with Gasteiger partial charge in [0.05, 0.1) is 22.8 Å². The Morgan fingerprint density at radius 1 is 0.175 bits per heavy atom. The number of hydrogen-bond acceptors (Lipinski definition) is 2. The first kappa shape index (κ1) is 118. The second kappa shape index (κ2) is 93.7.